The summed E-state index contributed by atoms with van der Waals surface area (Å²) in [6.07, 6.45) is 0. The van der Waals surface area contributed by atoms with Gasteiger partial charge in [-0.05, 0) is 32.0 Å². The third-order valence-electron chi connectivity index (χ3n) is 3.81. The third-order valence-corrected chi connectivity index (χ3v) is 4.11. The van der Waals surface area contributed by atoms with E-state index in [1.54, 1.807) is 25.1 Å². The van der Waals surface area contributed by atoms with E-state index in [0.717, 1.165) is 11.1 Å². The maximum absolute atomic E-state index is 12.7. The monoisotopic (exact) mass is 356 g/mol. The minimum absolute atomic E-state index is 0.310. The molecule has 25 heavy (non-hydrogen) atoms. The molecule has 0 atom stereocenters. The van der Waals surface area contributed by atoms with Gasteiger partial charge >= 0.3 is 0 Å². The van der Waals surface area contributed by atoms with E-state index in [-0.39, 0.29) is 5.91 Å². The number of carbonyl (C=O) groups is 1. The Morgan fingerprint density at radius 1 is 1.16 bits per heavy atom. The van der Waals surface area contributed by atoms with Crippen molar-refractivity contribution in [2.45, 2.75) is 13.8 Å². The second-order valence-corrected chi connectivity index (χ2v) is 6.05. The van der Waals surface area contributed by atoms with Crippen molar-refractivity contribution in [1.82, 2.24) is 5.16 Å². The van der Waals surface area contributed by atoms with Gasteiger partial charge in [-0.3, -0.25) is 4.79 Å². The first-order valence-electron chi connectivity index (χ1n) is 7.68. The van der Waals surface area contributed by atoms with E-state index in [1.807, 2.05) is 31.2 Å². The molecule has 0 unspecified atom stereocenters. The van der Waals surface area contributed by atoms with Gasteiger partial charge in [-0.1, -0.05) is 46.6 Å². The van der Waals surface area contributed by atoms with Crippen LogP contribution in [-0.4, -0.2) is 18.2 Å². The summed E-state index contributed by atoms with van der Waals surface area (Å²) < 4.78 is 10.5. The van der Waals surface area contributed by atoms with Gasteiger partial charge in [0.25, 0.3) is 5.91 Å². The van der Waals surface area contributed by atoms with Crippen molar-refractivity contribution in [3.63, 3.8) is 0 Å². The number of anilines is 1. The highest BCUT2D eigenvalue weighted by atomic mass is 35.5. The lowest BCUT2D eigenvalue weighted by molar-refractivity contribution is 0.102. The molecular weight excluding hydrogens is 340 g/mol. The number of hydrogen-bond donors (Lipinski definition) is 1. The number of ether oxygens (including phenoxy) is 1. The zero-order valence-corrected chi connectivity index (χ0v) is 14.8. The fourth-order valence-corrected chi connectivity index (χ4v) is 2.73. The van der Waals surface area contributed by atoms with Crippen molar-refractivity contribution in [2.75, 3.05) is 12.4 Å². The van der Waals surface area contributed by atoms with Gasteiger partial charge in [-0.15, -0.1) is 0 Å². The zero-order valence-electron chi connectivity index (χ0n) is 14.1. The quantitative estimate of drug-likeness (QED) is 0.724. The Labute approximate surface area is 150 Å². The summed E-state index contributed by atoms with van der Waals surface area (Å²) in [6.45, 7) is 3.73. The Bertz CT molecular complexity index is 917. The van der Waals surface area contributed by atoms with Crippen molar-refractivity contribution in [2.24, 2.45) is 0 Å². The van der Waals surface area contributed by atoms with Gasteiger partial charge in [0.2, 0.25) is 0 Å². The van der Waals surface area contributed by atoms with E-state index < -0.39 is 0 Å². The van der Waals surface area contributed by atoms with Crippen LogP contribution in [0.3, 0.4) is 0 Å². The Morgan fingerprint density at radius 2 is 1.88 bits per heavy atom. The predicted octanol–water partition coefficient (Wildman–Crippen LogP) is 4.87. The molecule has 128 valence electrons. The van der Waals surface area contributed by atoms with Crippen molar-refractivity contribution < 1.29 is 14.1 Å². The van der Waals surface area contributed by atoms with Crippen LogP contribution < -0.4 is 10.1 Å². The molecule has 1 amide bonds. The Hall–Kier alpha value is -2.79. The van der Waals surface area contributed by atoms with Gasteiger partial charge in [-0.25, -0.2) is 0 Å². The van der Waals surface area contributed by atoms with Gasteiger partial charge in [0.05, 0.1) is 17.8 Å². The molecule has 3 rings (SSSR count). The summed E-state index contributed by atoms with van der Waals surface area (Å²) in [6, 6.07) is 12.8. The molecule has 0 aliphatic rings. The minimum Gasteiger partial charge on any atom is -0.495 e. The number of rotatable bonds is 4. The summed E-state index contributed by atoms with van der Waals surface area (Å²) in [4.78, 5) is 12.7. The summed E-state index contributed by atoms with van der Waals surface area (Å²) in [5, 5.41) is 7.18. The molecule has 1 N–H and O–H groups in total. The maximum atomic E-state index is 12.7. The number of aromatic nitrogens is 1. The Kier molecular flexibility index (Phi) is 4.76. The first kappa shape index (κ1) is 17.0. The highest BCUT2D eigenvalue weighted by molar-refractivity contribution is 6.32. The number of aryl methyl sites for hydroxylation is 2. The number of nitrogens with zero attached hydrogens (tertiary/aromatic N) is 1. The Balaban J connectivity index is 1.91. The average Bonchev–Trinajstić information content (AvgIpc) is 2.97. The number of halogens is 1. The van der Waals surface area contributed by atoms with E-state index in [4.69, 9.17) is 20.9 Å². The summed E-state index contributed by atoms with van der Waals surface area (Å²) >= 11 is 6.10. The Morgan fingerprint density at radius 3 is 2.52 bits per heavy atom. The first-order chi connectivity index (χ1) is 12.0. The highest BCUT2D eigenvalue weighted by Crippen LogP contribution is 2.30. The van der Waals surface area contributed by atoms with E-state index in [9.17, 15) is 4.79 Å². The molecule has 3 aromatic rings. The fourth-order valence-electron chi connectivity index (χ4n) is 2.48. The largest absolute Gasteiger partial charge is 0.495 e. The number of carbonyl (C=O) groups excluding carboxylic acids is 1. The molecule has 6 heteroatoms. The first-order valence-corrected chi connectivity index (χ1v) is 8.05. The molecule has 1 heterocycles. The molecular formula is C19H17ClN2O3. The molecule has 0 fully saturated rings. The van der Waals surface area contributed by atoms with Crippen LogP contribution in [-0.2, 0) is 0 Å². The van der Waals surface area contributed by atoms with Gasteiger partial charge in [0, 0.05) is 11.3 Å². The molecule has 0 spiro atoms. The topological polar surface area (TPSA) is 64.4 Å². The molecule has 0 aliphatic carbocycles. The van der Waals surface area contributed by atoms with Gasteiger partial charge < -0.3 is 14.6 Å². The molecule has 0 saturated heterocycles. The maximum Gasteiger partial charge on any atom is 0.261 e. The SMILES string of the molecule is COc1ccc(NC(=O)c2c(C)noc2-c2ccc(C)cc2)cc1Cl. The smallest absolute Gasteiger partial charge is 0.261 e. The van der Waals surface area contributed by atoms with Crippen LogP contribution in [0.4, 0.5) is 5.69 Å². The minimum atomic E-state index is -0.310. The number of methoxy groups -OCH3 is 1. The second-order valence-electron chi connectivity index (χ2n) is 5.64. The van der Waals surface area contributed by atoms with Gasteiger partial charge in [0.15, 0.2) is 5.76 Å². The average molecular weight is 357 g/mol. The lowest BCUT2D eigenvalue weighted by Gasteiger charge is -2.08. The van der Waals surface area contributed by atoms with Crippen molar-refractivity contribution in [3.8, 4) is 17.1 Å². The molecule has 0 aliphatic heterocycles. The van der Waals surface area contributed by atoms with Gasteiger partial charge in [-0.2, -0.15) is 0 Å². The van der Waals surface area contributed by atoms with Crippen LogP contribution in [0.2, 0.25) is 5.02 Å². The molecule has 2 aromatic carbocycles. The molecule has 5 nitrogen and oxygen atoms in total. The van der Waals surface area contributed by atoms with Crippen LogP contribution in [0.25, 0.3) is 11.3 Å². The predicted molar refractivity (Wildman–Crippen MR) is 97.4 cm³/mol. The standard InChI is InChI=1S/C19H17ClN2O3/c1-11-4-6-13(7-5-11)18-17(12(2)22-25-18)19(23)21-14-8-9-16(24-3)15(20)10-14/h4-10H,1-3H3,(H,21,23). The van der Waals surface area contributed by atoms with E-state index in [1.165, 1.54) is 7.11 Å². The highest BCUT2D eigenvalue weighted by Gasteiger charge is 2.22. The summed E-state index contributed by atoms with van der Waals surface area (Å²) in [5.41, 5.74) is 3.40. The number of hydrogen-bond acceptors (Lipinski definition) is 4. The molecule has 1 aromatic heterocycles. The van der Waals surface area contributed by atoms with Crippen LogP contribution in [0, 0.1) is 13.8 Å². The van der Waals surface area contributed by atoms with Crippen molar-refractivity contribution in [1.29, 1.82) is 0 Å². The molecule has 0 radical (unpaired) electrons. The molecule has 0 saturated carbocycles. The van der Waals surface area contributed by atoms with Crippen molar-refractivity contribution in [3.05, 3.63) is 64.3 Å². The number of nitrogens with one attached hydrogen (secondary N) is 1. The van der Waals surface area contributed by atoms with E-state index in [2.05, 4.69) is 10.5 Å². The zero-order chi connectivity index (χ0) is 18.0. The molecule has 0 bridgehead atoms. The normalized spacial score (nSPS) is 10.6. The number of benzene rings is 2. The summed E-state index contributed by atoms with van der Waals surface area (Å²) in [7, 11) is 1.54. The lowest BCUT2D eigenvalue weighted by Crippen LogP contribution is -2.13. The second kappa shape index (κ2) is 6.99. The summed E-state index contributed by atoms with van der Waals surface area (Å²) in [5.74, 6) is 0.673. The third kappa shape index (κ3) is 3.51. The van der Waals surface area contributed by atoms with E-state index >= 15 is 0 Å². The van der Waals surface area contributed by atoms with Crippen LogP contribution >= 0.6 is 11.6 Å². The van der Waals surface area contributed by atoms with Crippen LogP contribution in [0.1, 0.15) is 21.6 Å². The fraction of sp³-hybridized carbons (Fsp3) is 0.158. The van der Waals surface area contributed by atoms with Crippen LogP contribution in [0.5, 0.6) is 5.75 Å². The lowest BCUT2D eigenvalue weighted by atomic mass is 10.0. The van der Waals surface area contributed by atoms with Crippen molar-refractivity contribution >= 4 is 23.2 Å². The van der Waals surface area contributed by atoms with E-state index in [0.29, 0.717) is 33.5 Å². The number of amides is 1. The van der Waals surface area contributed by atoms with Gasteiger partial charge in [0.1, 0.15) is 11.3 Å². The van der Waals surface area contributed by atoms with Crippen LogP contribution in [0.15, 0.2) is 47.0 Å².